The van der Waals surface area contributed by atoms with Gasteiger partial charge in [0.25, 0.3) is 0 Å². The maximum Gasteiger partial charge on any atom is 0.225 e. The molecule has 0 aromatic carbocycles. The van der Waals surface area contributed by atoms with Gasteiger partial charge < -0.3 is 15.5 Å². The van der Waals surface area contributed by atoms with Crippen LogP contribution in [-0.4, -0.2) is 54.5 Å². The number of nitrogens with one attached hydrogen (secondary N) is 2. The summed E-state index contributed by atoms with van der Waals surface area (Å²) in [6, 6.07) is 6.19. The van der Waals surface area contributed by atoms with Crippen LogP contribution in [0.3, 0.4) is 0 Å². The minimum atomic E-state index is 0.0598. The largest absolute Gasteiger partial charge is 0.356 e. The third-order valence-electron chi connectivity index (χ3n) is 3.96. The van der Waals surface area contributed by atoms with Gasteiger partial charge in [-0.05, 0) is 18.6 Å². The number of aliphatic imine (C=N–C) groups is 1. The van der Waals surface area contributed by atoms with Gasteiger partial charge in [-0.2, -0.15) is 0 Å². The van der Waals surface area contributed by atoms with E-state index in [4.69, 9.17) is 0 Å². The zero-order valence-corrected chi connectivity index (χ0v) is 14.2. The van der Waals surface area contributed by atoms with Crippen LogP contribution < -0.4 is 10.6 Å². The molecule has 0 spiro atoms. The lowest BCUT2D eigenvalue weighted by Crippen LogP contribution is -2.45. The van der Waals surface area contributed by atoms with Crippen molar-refractivity contribution < 1.29 is 4.79 Å². The summed E-state index contributed by atoms with van der Waals surface area (Å²) in [7, 11) is 1.77. The number of aromatic nitrogens is 1. The summed E-state index contributed by atoms with van der Waals surface area (Å²) in [4.78, 5) is 22.5. The van der Waals surface area contributed by atoms with Crippen molar-refractivity contribution in [1.29, 1.82) is 0 Å². The molecule has 0 aliphatic carbocycles. The zero-order chi connectivity index (χ0) is 16.7. The van der Waals surface area contributed by atoms with Crippen molar-refractivity contribution in [2.75, 3.05) is 26.7 Å². The first-order valence-electron chi connectivity index (χ1n) is 8.26. The molecular formula is C17H27N5O. The lowest BCUT2D eigenvalue weighted by Gasteiger charge is -2.20. The van der Waals surface area contributed by atoms with Gasteiger partial charge in [0, 0.05) is 57.0 Å². The fourth-order valence-electron chi connectivity index (χ4n) is 2.69. The Kier molecular flexibility index (Phi) is 6.38. The molecule has 1 unspecified atom stereocenters. The van der Waals surface area contributed by atoms with Crippen molar-refractivity contribution >= 4 is 11.9 Å². The summed E-state index contributed by atoms with van der Waals surface area (Å²) in [6.07, 6.45) is 3.62. The molecule has 0 radical (unpaired) electrons. The molecule has 126 valence electrons. The number of rotatable bonds is 5. The molecule has 2 rings (SSSR count). The number of nitrogens with zero attached hydrogens (tertiary/aromatic N) is 3. The Morgan fingerprint density at radius 2 is 2.30 bits per heavy atom. The number of carbonyl (C=O) groups is 1. The highest BCUT2D eigenvalue weighted by molar-refractivity contribution is 5.81. The third kappa shape index (κ3) is 5.23. The number of amides is 1. The summed E-state index contributed by atoms with van der Waals surface area (Å²) >= 11 is 0. The number of hydrogen-bond donors (Lipinski definition) is 2. The predicted molar refractivity (Wildman–Crippen MR) is 92.3 cm³/mol. The fourth-order valence-corrected chi connectivity index (χ4v) is 2.69. The number of pyridine rings is 1. The summed E-state index contributed by atoms with van der Waals surface area (Å²) < 4.78 is 0. The van der Waals surface area contributed by atoms with Crippen LogP contribution in [0.4, 0.5) is 0 Å². The van der Waals surface area contributed by atoms with E-state index in [0.29, 0.717) is 0 Å². The third-order valence-corrected chi connectivity index (χ3v) is 3.96. The van der Waals surface area contributed by atoms with E-state index in [1.807, 2.05) is 36.9 Å². The minimum absolute atomic E-state index is 0.0598. The van der Waals surface area contributed by atoms with E-state index in [-0.39, 0.29) is 17.9 Å². The second-order valence-corrected chi connectivity index (χ2v) is 6.14. The number of likely N-dealkylation sites (tertiary alicyclic amines) is 1. The molecule has 1 fully saturated rings. The molecule has 23 heavy (non-hydrogen) atoms. The highest BCUT2D eigenvalue weighted by Crippen LogP contribution is 2.12. The SMILES string of the molecule is CN=C(NCCc1ccccn1)NC1CCN(C(=O)C(C)C)C1. The van der Waals surface area contributed by atoms with Gasteiger partial charge in [0.15, 0.2) is 5.96 Å². The Labute approximate surface area is 138 Å². The Morgan fingerprint density at radius 1 is 1.48 bits per heavy atom. The van der Waals surface area contributed by atoms with Crippen LogP contribution in [0.25, 0.3) is 0 Å². The predicted octanol–water partition coefficient (Wildman–Crippen LogP) is 1.05. The number of carbonyl (C=O) groups excluding carboxylic acids is 1. The van der Waals surface area contributed by atoms with E-state index >= 15 is 0 Å². The van der Waals surface area contributed by atoms with Gasteiger partial charge in [-0.15, -0.1) is 0 Å². The molecule has 1 atom stereocenters. The van der Waals surface area contributed by atoms with Crippen LogP contribution in [0.1, 0.15) is 26.0 Å². The highest BCUT2D eigenvalue weighted by Gasteiger charge is 2.27. The smallest absolute Gasteiger partial charge is 0.225 e. The molecular weight excluding hydrogens is 290 g/mol. The number of hydrogen-bond acceptors (Lipinski definition) is 3. The van der Waals surface area contributed by atoms with Crippen molar-refractivity contribution in [3.8, 4) is 0 Å². The quantitative estimate of drug-likeness (QED) is 0.629. The maximum atomic E-state index is 12.0. The first-order chi connectivity index (χ1) is 11.1. The highest BCUT2D eigenvalue weighted by atomic mass is 16.2. The van der Waals surface area contributed by atoms with Gasteiger partial charge in [0.1, 0.15) is 0 Å². The fraction of sp³-hybridized carbons (Fsp3) is 0.588. The minimum Gasteiger partial charge on any atom is -0.356 e. The summed E-state index contributed by atoms with van der Waals surface area (Å²) in [5.41, 5.74) is 1.06. The molecule has 1 aliphatic heterocycles. The lowest BCUT2D eigenvalue weighted by molar-refractivity contribution is -0.133. The molecule has 2 N–H and O–H groups in total. The van der Waals surface area contributed by atoms with Crippen LogP contribution >= 0.6 is 0 Å². The molecule has 0 saturated carbocycles. The van der Waals surface area contributed by atoms with Gasteiger partial charge >= 0.3 is 0 Å². The molecule has 6 heteroatoms. The average molecular weight is 317 g/mol. The van der Waals surface area contributed by atoms with Crippen LogP contribution in [0.2, 0.25) is 0 Å². The molecule has 6 nitrogen and oxygen atoms in total. The van der Waals surface area contributed by atoms with Crippen molar-refractivity contribution in [2.24, 2.45) is 10.9 Å². The Hall–Kier alpha value is -2.11. The van der Waals surface area contributed by atoms with Crippen molar-refractivity contribution in [2.45, 2.75) is 32.7 Å². The number of guanidine groups is 1. The summed E-state index contributed by atoms with van der Waals surface area (Å²) in [6.45, 7) is 6.23. The Morgan fingerprint density at radius 3 is 2.96 bits per heavy atom. The summed E-state index contributed by atoms with van der Waals surface area (Å²) in [5, 5.41) is 6.71. The topological polar surface area (TPSA) is 69.6 Å². The van der Waals surface area contributed by atoms with Crippen LogP contribution in [0, 0.1) is 5.92 Å². The summed E-state index contributed by atoms with van der Waals surface area (Å²) in [5.74, 6) is 1.07. The first kappa shape index (κ1) is 17.2. The van der Waals surface area contributed by atoms with E-state index in [0.717, 1.165) is 44.1 Å². The van der Waals surface area contributed by atoms with Crippen molar-refractivity contribution in [3.05, 3.63) is 30.1 Å². The van der Waals surface area contributed by atoms with Gasteiger partial charge in [0.05, 0.1) is 0 Å². The molecule has 0 bridgehead atoms. The van der Waals surface area contributed by atoms with Crippen molar-refractivity contribution in [1.82, 2.24) is 20.5 Å². The zero-order valence-electron chi connectivity index (χ0n) is 14.2. The molecule has 2 heterocycles. The van der Waals surface area contributed by atoms with Crippen LogP contribution in [-0.2, 0) is 11.2 Å². The molecule has 1 aromatic heterocycles. The Balaban J connectivity index is 1.74. The normalized spacial score (nSPS) is 18.3. The molecule has 1 amide bonds. The van der Waals surface area contributed by atoms with E-state index in [1.165, 1.54) is 0 Å². The maximum absolute atomic E-state index is 12.0. The van der Waals surface area contributed by atoms with Crippen LogP contribution in [0.15, 0.2) is 29.4 Å². The Bertz CT molecular complexity index is 529. The standard InChI is InChI=1S/C17H27N5O/c1-13(2)16(23)22-11-8-15(12-22)21-17(18-3)20-10-7-14-6-4-5-9-19-14/h4-6,9,13,15H,7-8,10-12H2,1-3H3,(H2,18,20,21). The van der Waals surface area contributed by atoms with Crippen molar-refractivity contribution in [3.63, 3.8) is 0 Å². The van der Waals surface area contributed by atoms with Gasteiger partial charge in [-0.3, -0.25) is 14.8 Å². The second kappa shape index (κ2) is 8.50. The molecule has 1 saturated heterocycles. The average Bonchev–Trinajstić information content (AvgIpc) is 3.02. The second-order valence-electron chi connectivity index (χ2n) is 6.14. The van der Waals surface area contributed by atoms with E-state index in [2.05, 4.69) is 20.6 Å². The molecule has 1 aliphatic rings. The van der Waals surface area contributed by atoms with E-state index in [1.54, 1.807) is 13.2 Å². The monoisotopic (exact) mass is 317 g/mol. The first-order valence-corrected chi connectivity index (χ1v) is 8.26. The van der Waals surface area contributed by atoms with Gasteiger partial charge in [0.2, 0.25) is 5.91 Å². The van der Waals surface area contributed by atoms with E-state index in [9.17, 15) is 4.79 Å². The lowest BCUT2D eigenvalue weighted by atomic mass is 10.2. The molecule has 1 aromatic rings. The van der Waals surface area contributed by atoms with Crippen LogP contribution in [0.5, 0.6) is 0 Å². The van der Waals surface area contributed by atoms with Gasteiger partial charge in [-0.25, -0.2) is 0 Å². The van der Waals surface area contributed by atoms with E-state index < -0.39 is 0 Å². The van der Waals surface area contributed by atoms with Gasteiger partial charge in [-0.1, -0.05) is 19.9 Å².